The van der Waals surface area contributed by atoms with Crippen LogP contribution in [-0.2, 0) is 19.6 Å². The Hall–Kier alpha value is -0.900. The van der Waals surface area contributed by atoms with E-state index in [4.69, 9.17) is 19.2 Å². The Bertz CT molecular complexity index is 698. The van der Waals surface area contributed by atoms with E-state index in [2.05, 4.69) is 47.5 Å². The van der Waals surface area contributed by atoms with Crippen molar-refractivity contribution in [2.24, 2.45) is 4.99 Å². The van der Waals surface area contributed by atoms with Crippen LogP contribution in [0.25, 0.3) is 0 Å². The second-order valence-corrected chi connectivity index (χ2v) is 9.44. The van der Waals surface area contributed by atoms with Gasteiger partial charge in [-0.2, -0.15) is 0 Å². The van der Waals surface area contributed by atoms with Gasteiger partial charge in [-0.15, -0.1) is 24.0 Å². The number of benzene rings is 1. The first-order chi connectivity index (χ1) is 15.8. The molecule has 1 aromatic rings. The van der Waals surface area contributed by atoms with Crippen LogP contribution in [0.1, 0.15) is 57.4 Å². The van der Waals surface area contributed by atoms with E-state index in [-0.39, 0.29) is 29.4 Å². The molecule has 0 aromatic heterocycles. The van der Waals surface area contributed by atoms with Gasteiger partial charge in [0.1, 0.15) is 0 Å². The van der Waals surface area contributed by atoms with E-state index in [0.29, 0.717) is 12.2 Å². The van der Waals surface area contributed by atoms with Crippen molar-refractivity contribution in [3.63, 3.8) is 0 Å². The third kappa shape index (κ3) is 7.54. The fourth-order valence-corrected chi connectivity index (χ4v) is 5.16. The molecule has 1 N–H and O–H groups in total. The lowest BCUT2D eigenvalue weighted by Gasteiger charge is -2.38. The molecule has 0 aliphatic carbocycles. The second-order valence-electron chi connectivity index (χ2n) is 9.44. The molecule has 0 saturated carbocycles. The minimum absolute atomic E-state index is 0. The van der Waals surface area contributed by atoms with Crippen molar-refractivity contribution in [2.45, 2.75) is 69.5 Å². The average molecular weight is 572 g/mol. The van der Waals surface area contributed by atoms with E-state index in [9.17, 15) is 0 Å². The molecule has 3 aliphatic heterocycles. The Morgan fingerprint density at radius 1 is 1.09 bits per heavy atom. The summed E-state index contributed by atoms with van der Waals surface area (Å²) in [5, 5.41) is 3.54. The number of halogens is 1. The SMILES string of the molecule is CCNC(=NCC1(c2ccccc2)CCOCC1)N1CCC(OCC2CCCCO2)CC1.I. The second kappa shape index (κ2) is 13.9. The summed E-state index contributed by atoms with van der Waals surface area (Å²) in [6.45, 7) is 9.09. The highest BCUT2D eigenvalue weighted by Crippen LogP contribution is 2.35. The lowest BCUT2D eigenvalue weighted by Crippen LogP contribution is -2.48. The first-order valence-electron chi connectivity index (χ1n) is 12.7. The third-order valence-electron chi connectivity index (χ3n) is 7.24. The van der Waals surface area contributed by atoms with E-state index in [0.717, 1.165) is 90.7 Å². The largest absolute Gasteiger partial charge is 0.381 e. The van der Waals surface area contributed by atoms with Gasteiger partial charge in [0.15, 0.2) is 5.96 Å². The fraction of sp³-hybridized carbons (Fsp3) is 0.731. The molecule has 6 nitrogen and oxygen atoms in total. The summed E-state index contributed by atoms with van der Waals surface area (Å²) < 4.78 is 17.7. The molecular formula is C26H42IN3O3. The molecule has 1 atom stereocenters. The van der Waals surface area contributed by atoms with Crippen molar-refractivity contribution in [3.05, 3.63) is 35.9 Å². The molecule has 0 amide bonds. The minimum Gasteiger partial charge on any atom is -0.381 e. The van der Waals surface area contributed by atoms with Crippen molar-refractivity contribution >= 4 is 29.9 Å². The summed E-state index contributed by atoms with van der Waals surface area (Å²) in [7, 11) is 0. The summed E-state index contributed by atoms with van der Waals surface area (Å²) in [5.41, 5.74) is 1.46. The van der Waals surface area contributed by atoms with Gasteiger partial charge in [-0.1, -0.05) is 30.3 Å². The fourth-order valence-electron chi connectivity index (χ4n) is 5.16. The van der Waals surface area contributed by atoms with Crippen LogP contribution in [0, 0.1) is 0 Å². The lowest BCUT2D eigenvalue weighted by atomic mass is 9.74. The number of ether oxygens (including phenoxy) is 3. The molecule has 1 aromatic carbocycles. The monoisotopic (exact) mass is 571 g/mol. The molecule has 33 heavy (non-hydrogen) atoms. The Balaban J connectivity index is 0.00000306. The molecule has 3 fully saturated rings. The Kier molecular flexibility index (Phi) is 11.2. The summed E-state index contributed by atoms with van der Waals surface area (Å²) in [6.07, 6.45) is 8.40. The van der Waals surface area contributed by atoms with E-state index < -0.39 is 0 Å². The van der Waals surface area contributed by atoms with Gasteiger partial charge in [-0.3, -0.25) is 4.99 Å². The van der Waals surface area contributed by atoms with E-state index in [1.807, 2.05) is 0 Å². The molecule has 4 rings (SSSR count). The maximum absolute atomic E-state index is 6.21. The number of likely N-dealkylation sites (tertiary alicyclic amines) is 1. The van der Waals surface area contributed by atoms with Crippen molar-refractivity contribution in [1.29, 1.82) is 0 Å². The number of hydrogen-bond donors (Lipinski definition) is 1. The summed E-state index contributed by atoms with van der Waals surface area (Å²) in [5.74, 6) is 1.04. The number of hydrogen-bond acceptors (Lipinski definition) is 4. The number of aliphatic imine (C=N–C) groups is 1. The number of guanidine groups is 1. The molecule has 0 bridgehead atoms. The van der Waals surface area contributed by atoms with Crippen LogP contribution in [0.5, 0.6) is 0 Å². The Morgan fingerprint density at radius 3 is 2.52 bits per heavy atom. The molecule has 3 heterocycles. The van der Waals surface area contributed by atoms with Gasteiger partial charge in [0.2, 0.25) is 0 Å². The van der Waals surface area contributed by atoms with Gasteiger partial charge in [-0.05, 0) is 57.4 Å². The first kappa shape index (κ1) is 26.7. The zero-order valence-corrected chi connectivity index (χ0v) is 22.5. The predicted molar refractivity (Wildman–Crippen MR) is 144 cm³/mol. The summed E-state index contributed by atoms with van der Waals surface area (Å²) in [6, 6.07) is 10.9. The van der Waals surface area contributed by atoms with Crippen LogP contribution in [-0.4, -0.2) is 75.7 Å². The highest BCUT2D eigenvalue weighted by Gasteiger charge is 2.35. The zero-order valence-electron chi connectivity index (χ0n) is 20.2. The Morgan fingerprint density at radius 2 is 1.85 bits per heavy atom. The van der Waals surface area contributed by atoms with Gasteiger partial charge < -0.3 is 24.4 Å². The number of nitrogens with zero attached hydrogens (tertiary/aromatic N) is 2. The van der Waals surface area contributed by atoms with E-state index in [1.54, 1.807) is 0 Å². The molecule has 3 saturated heterocycles. The molecule has 0 spiro atoms. The topological polar surface area (TPSA) is 55.3 Å². The van der Waals surface area contributed by atoms with Gasteiger partial charge in [0.05, 0.1) is 25.4 Å². The maximum Gasteiger partial charge on any atom is 0.193 e. The maximum atomic E-state index is 6.21. The average Bonchev–Trinajstić information content (AvgIpc) is 2.87. The van der Waals surface area contributed by atoms with Gasteiger partial charge in [0.25, 0.3) is 0 Å². The summed E-state index contributed by atoms with van der Waals surface area (Å²) in [4.78, 5) is 7.58. The van der Waals surface area contributed by atoms with Crippen LogP contribution in [0.2, 0.25) is 0 Å². The van der Waals surface area contributed by atoms with Crippen LogP contribution in [0.4, 0.5) is 0 Å². The lowest BCUT2D eigenvalue weighted by molar-refractivity contribution is -0.0721. The van der Waals surface area contributed by atoms with Gasteiger partial charge in [-0.25, -0.2) is 0 Å². The van der Waals surface area contributed by atoms with Crippen LogP contribution in [0.3, 0.4) is 0 Å². The van der Waals surface area contributed by atoms with Gasteiger partial charge >= 0.3 is 0 Å². The summed E-state index contributed by atoms with van der Waals surface area (Å²) >= 11 is 0. The number of piperidine rings is 1. The van der Waals surface area contributed by atoms with Crippen molar-refractivity contribution < 1.29 is 14.2 Å². The molecule has 3 aliphatic rings. The highest BCUT2D eigenvalue weighted by molar-refractivity contribution is 14.0. The number of rotatable bonds is 7. The normalized spacial score (nSPS) is 24.2. The standard InChI is InChI=1S/C26H41N3O3.HI/c1-2-27-25(28-21-26(13-18-30-19-14-26)22-8-4-3-5-9-22)29-15-11-23(12-16-29)32-20-24-10-6-7-17-31-24;/h3-5,8-9,23-24H,2,6-7,10-21H2,1H3,(H,27,28);1H. The molecule has 7 heteroatoms. The minimum atomic E-state index is 0. The third-order valence-corrected chi connectivity index (χ3v) is 7.24. The smallest absolute Gasteiger partial charge is 0.193 e. The quantitative estimate of drug-likeness (QED) is 0.300. The van der Waals surface area contributed by atoms with Gasteiger partial charge in [0, 0.05) is 44.9 Å². The predicted octanol–water partition coefficient (Wildman–Crippen LogP) is 4.37. The van der Waals surface area contributed by atoms with Crippen molar-refractivity contribution in [2.75, 3.05) is 52.6 Å². The first-order valence-corrected chi connectivity index (χ1v) is 12.7. The van der Waals surface area contributed by atoms with Crippen LogP contribution >= 0.6 is 24.0 Å². The molecule has 0 radical (unpaired) electrons. The molecular weight excluding hydrogens is 529 g/mol. The van der Waals surface area contributed by atoms with Crippen LogP contribution in [0.15, 0.2) is 35.3 Å². The van der Waals surface area contributed by atoms with E-state index >= 15 is 0 Å². The Labute approximate surface area is 216 Å². The van der Waals surface area contributed by atoms with Crippen molar-refractivity contribution in [3.8, 4) is 0 Å². The van der Waals surface area contributed by atoms with E-state index in [1.165, 1.54) is 18.4 Å². The highest BCUT2D eigenvalue weighted by atomic mass is 127. The molecule has 1 unspecified atom stereocenters. The molecule has 186 valence electrons. The zero-order chi connectivity index (χ0) is 22.1. The number of nitrogens with one attached hydrogen (secondary N) is 1. The van der Waals surface area contributed by atoms with Crippen LogP contribution < -0.4 is 5.32 Å². The van der Waals surface area contributed by atoms with Crippen molar-refractivity contribution in [1.82, 2.24) is 10.2 Å².